The number of rotatable bonds is 26. The van der Waals surface area contributed by atoms with Crippen molar-refractivity contribution in [3.05, 3.63) is 0 Å². The third kappa shape index (κ3) is 19.6. The first-order valence-electron chi connectivity index (χ1n) is 14.5. The Bertz CT molecular complexity index is 601. The Kier molecular flexibility index (Phi) is 21.7. The van der Waals surface area contributed by atoms with Crippen molar-refractivity contribution in [1.29, 1.82) is 0 Å². The fourth-order valence-electron chi connectivity index (χ4n) is 4.19. The molecule has 0 unspecified atom stereocenters. The molecule has 216 valence electrons. The van der Waals surface area contributed by atoms with Crippen LogP contribution in [0.5, 0.6) is 0 Å². The standard InChI is InChI=1S/C29H52O8/c1-3-5-7-11-16-20-26(32)36-23-29(28(34)35,22-18-14-10-9-13-15-19-25(30)31)24-37-27(33)21-17-12-8-6-4-2/h3-24H2,1-2H3,(H,30,31)(H,34,35). The average molecular weight is 529 g/mol. The van der Waals surface area contributed by atoms with E-state index in [-0.39, 0.29) is 38.9 Å². The number of ether oxygens (including phenoxy) is 2. The normalized spacial score (nSPS) is 11.3. The van der Waals surface area contributed by atoms with Gasteiger partial charge in [0.25, 0.3) is 0 Å². The Balaban J connectivity index is 4.80. The predicted molar refractivity (Wildman–Crippen MR) is 143 cm³/mol. The zero-order chi connectivity index (χ0) is 27.8. The van der Waals surface area contributed by atoms with E-state index in [0.717, 1.165) is 77.0 Å². The maximum Gasteiger partial charge on any atom is 0.316 e. The van der Waals surface area contributed by atoms with Gasteiger partial charge in [-0.25, -0.2) is 0 Å². The van der Waals surface area contributed by atoms with Crippen molar-refractivity contribution >= 4 is 23.9 Å². The summed E-state index contributed by atoms with van der Waals surface area (Å²) in [5.41, 5.74) is -1.46. The second kappa shape index (κ2) is 23.0. The summed E-state index contributed by atoms with van der Waals surface area (Å²) in [4.78, 5) is 47.5. The fourth-order valence-corrected chi connectivity index (χ4v) is 4.19. The first-order valence-corrected chi connectivity index (χ1v) is 14.5. The summed E-state index contributed by atoms with van der Waals surface area (Å²) in [5, 5.41) is 18.8. The molecule has 0 saturated carbocycles. The lowest BCUT2D eigenvalue weighted by molar-refractivity contribution is -0.168. The molecule has 0 saturated heterocycles. The van der Waals surface area contributed by atoms with Crippen LogP contribution in [-0.4, -0.2) is 47.3 Å². The molecule has 0 aromatic rings. The average Bonchev–Trinajstić information content (AvgIpc) is 2.86. The summed E-state index contributed by atoms with van der Waals surface area (Å²) in [6.45, 7) is 3.63. The van der Waals surface area contributed by atoms with E-state index in [1.165, 1.54) is 0 Å². The van der Waals surface area contributed by atoms with Gasteiger partial charge in [0.1, 0.15) is 18.6 Å². The Morgan fingerprint density at radius 2 is 0.919 bits per heavy atom. The lowest BCUT2D eigenvalue weighted by Crippen LogP contribution is -2.41. The van der Waals surface area contributed by atoms with Gasteiger partial charge in [0.05, 0.1) is 0 Å². The van der Waals surface area contributed by atoms with E-state index < -0.39 is 29.3 Å². The van der Waals surface area contributed by atoms with Crippen LogP contribution in [0.2, 0.25) is 0 Å². The number of aliphatic carboxylic acids is 2. The van der Waals surface area contributed by atoms with E-state index >= 15 is 0 Å². The number of hydrogen-bond donors (Lipinski definition) is 2. The van der Waals surface area contributed by atoms with Gasteiger partial charge in [-0.3, -0.25) is 19.2 Å². The summed E-state index contributed by atoms with van der Waals surface area (Å²) in [5.74, 6) is -2.75. The van der Waals surface area contributed by atoms with Crippen LogP contribution in [0.15, 0.2) is 0 Å². The van der Waals surface area contributed by atoms with Gasteiger partial charge < -0.3 is 19.7 Å². The molecule has 0 amide bonds. The zero-order valence-electron chi connectivity index (χ0n) is 23.4. The van der Waals surface area contributed by atoms with E-state index in [4.69, 9.17) is 14.6 Å². The van der Waals surface area contributed by atoms with Crippen LogP contribution in [0, 0.1) is 5.41 Å². The maximum absolute atomic E-state index is 12.3. The van der Waals surface area contributed by atoms with Crippen LogP contribution in [0.4, 0.5) is 0 Å². The molecule has 37 heavy (non-hydrogen) atoms. The number of carboxylic acids is 2. The van der Waals surface area contributed by atoms with Crippen LogP contribution in [0.1, 0.15) is 142 Å². The predicted octanol–water partition coefficient (Wildman–Crippen LogP) is 7.07. The molecule has 0 rings (SSSR count). The number of esters is 2. The van der Waals surface area contributed by atoms with Crippen LogP contribution < -0.4 is 0 Å². The summed E-state index contributed by atoms with van der Waals surface area (Å²) in [7, 11) is 0. The van der Waals surface area contributed by atoms with Crippen molar-refractivity contribution in [2.45, 2.75) is 142 Å². The second-order valence-corrected chi connectivity index (χ2v) is 10.3. The molecule has 0 aliphatic rings. The highest BCUT2D eigenvalue weighted by Gasteiger charge is 2.41. The molecule has 0 heterocycles. The van der Waals surface area contributed by atoms with Crippen molar-refractivity contribution in [3.63, 3.8) is 0 Å². The molecule has 8 heteroatoms. The van der Waals surface area contributed by atoms with Crippen molar-refractivity contribution in [2.75, 3.05) is 13.2 Å². The van der Waals surface area contributed by atoms with Gasteiger partial charge in [-0.15, -0.1) is 0 Å². The lowest BCUT2D eigenvalue weighted by Gasteiger charge is -2.28. The number of unbranched alkanes of at least 4 members (excludes halogenated alkanes) is 13. The molecule has 2 N–H and O–H groups in total. The summed E-state index contributed by atoms with van der Waals surface area (Å²) in [6, 6.07) is 0. The lowest BCUT2D eigenvalue weighted by atomic mass is 9.83. The second-order valence-electron chi connectivity index (χ2n) is 10.3. The first kappa shape index (κ1) is 34.9. The van der Waals surface area contributed by atoms with Crippen molar-refractivity contribution in [2.24, 2.45) is 5.41 Å². The van der Waals surface area contributed by atoms with Gasteiger partial charge in [-0.1, -0.05) is 97.3 Å². The Labute approximate surface area is 223 Å². The van der Waals surface area contributed by atoms with Gasteiger partial charge in [-0.2, -0.15) is 0 Å². The molecule has 0 aromatic carbocycles. The minimum atomic E-state index is -1.46. The van der Waals surface area contributed by atoms with Gasteiger partial charge in [0.15, 0.2) is 0 Å². The van der Waals surface area contributed by atoms with Gasteiger partial charge in [-0.05, 0) is 25.7 Å². The van der Waals surface area contributed by atoms with Crippen LogP contribution in [-0.2, 0) is 28.7 Å². The zero-order valence-corrected chi connectivity index (χ0v) is 23.4. The molecule has 0 atom stereocenters. The molecule has 0 aliphatic carbocycles. The largest absolute Gasteiger partial charge is 0.481 e. The molecule has 8 nitrogen and oxygen atoms in total. The van der Waals surface area contributed by atoms with Crippen molar-refractivity contribution in [3.8, 4) is 0 Å². The molecule has 0 bridgehead atoms. The Morgan fingerprint density at radius 3 is 1.32 bits per heavy atom. The van der Waals surface area contributed by atoms with Crippen molar-refractivity contribution < 1.29 is 38.9 Å². The molecule has 0 aromatic heterocycles. The minimum Gasteiger partial charge on any atom is -0.481 e. The summed E-state index contributed by atoms with van der Waals surface area (Å²) >= 11 is 0. The third-order valence-corrected chi connectivity index (χ3v) is 6.74. The Hall–Kier alpha value is -2.12. The first-order chi connectivity index (χ1) is 17.8. The van der Waals surface area contributed by atoms with Gasteiger partial charge in [0.2, 0.25) is 0 Å². The maximum atomic E-state index is 12.3. The van der Waals surface area contributed by atoms with Crippen LogP contribution >= 0.6 is 0 Å². The number of carboxylic acid groups (broad SMARTS) is 2. The van der Waals surface area contributed by atoms with E-state index in [2.05, 4.69) is 13.8 Å². The topological polar surface area (TPSA) is 127 Å². The van der Waals surface area contributed by atoms with Gasteiger partial charge in [0, 0.05) is 19.3 Å². The highest BCUT2D eigenvalue weighted by molar-refractivity contribution is 5.77. The SMILES string of the molecule is CCCCCCCC(=O)OCC(CCCCCCCCC(=O)O)(COC(=O)CCCCCCC)C(=O)O. The van der Waals surface area contributed by atoms with Crippen LogP contribution in [0.3, 0.4) is 0 Å². The smallest absolute Gasteiger partial charge is 0.316 e. The number of carbonyl (C=O) groups excluding carboxylic acids is 2. The molecule has 0 fully saturated rings. The minimum absolute atomic E-state index is 0.163. The number of hydrogen-bond acceptors (Lipinski definition) is 6. The summed E-state index contributed by atoms with van der Waals surface area (Å²) < 4.78 is 10.8. The van der Waals surface area contributed by atoms with E-state index in [0.29, 0.717) is 25.7 Å². The highest BCUT2D eigenvalue weighted by atomic mass is 16.6. The third-order valence-electron chi connectivity index (χ3n) is 6.74. The molecule has 0 spiro atoms. The molecular weight excluding hydrogens is 476 g/mol. The molecular formula is C29H52O8. The Morgan fingerprint density at radius 1 is 0.541 bits per heavy atom. The van der Waals surface area contributed by atoms with Gasteiger partial charge >= 0.3 is 23.9 Å². The van der Waals surface area contributed by atoms with E-state index in [1.807, 2.05) is 0 Å². The van der Waals surface area contributed by atoms with Crippen molar-refractivity contribution in [1.82, 2.24) is 0 Å². The fraction of sp³-hybridized carbons (Fsp3) is 0.862. The van der Waals surface area contributed by atoms with Crippen LogP contribution in [0.25, 0.3) is 0 Å². The quantitative estimate of drug-likeness (QED) is 0.0901. The number of carbonyl (C=O) groups is 4. The van der Waals surface area contributed by atoms with E-state index in [1.54, 1.807) is 0 Å². The highest BCUT2D eigenvalue weighted by Crippen LogP contribution is 2.28. The summed E-state index contributed by atoms with van der Waals surface area (Å²) in [6.07, 6.45) is 15.4. The molecule has 0 aliphatic heterocycles. The monoisotopic (exact) mass is 528 g/mol. The van der Waals surface area contributed by atoms with E-state index in [9.17, 15) is 24.3 Å². The molecule has 0 radical (unpaired) electrons.